The molecule has 0 aromatic carbocycles. The van der Waals surface area contributed by atoms with Gasteiger partial charge in [0.1, 0.15) is 0 Å². The Hall–Kier alpha value is 0.217. The van der Waals surface area contributed by atoms with E-state index >= 15 is 0 Å². The summed E-state index contributed by atoms with van der Waals surface area (Å²) >= 11 is 0. The van der Waals surface area contributed by atoms with E-state index in [4.69, 9.17) is 0 Å². The highest BCUT2D eigenvalue weighted by atomic mass is 28.3. The van der Waals surface area contributed by atoms with Crippen LogP contribution in [-0.4, -0.2) is 8.07 Å². The molecule has 120 valence electrons. The Morgan fingerprint density at radius 3 is 1.86 bits per heavy atom. The first-order chi connectivity index (χ1) is 10.2. The topological polar surface area (TPSA) is 0 Å². The molecule has 0 radical (unpaired) electrons. The van der Waals surface area contributed by atoms with Crippen LogP contribution in [0.5, 0.6) is 0 Å². The summed E-state index contributed by atoms with van der Waals surface area (Å²) in [4.78, 5) is 0. The Kier molecular flexibility index (Phi) is 4.01. The van der Waals surface area contributed by atoms with E-state index in [0.29, 0.717) is 0 Å². The zero-order valence-electron chi connectivity index (χ0n) is 14.4. The summed E-state index contributed by atoms with van der Waals surface area (Å²) in [5.74, 6) is 4.64. The van der Waals surface area contributed by atoms with Gasteiger partial charge in [0.25, 0.3) is 0 Å². The Labute approximate surface area is 133 Å². The van der Waals surface area contributed by atoms with Gasteiger partial charge in [-0.15, -0.1) is 0 Å². The maximum absolute atomic E-state index is 2.83. The second-order valence-corrected chi connectivity index (χ2v) is 14.7. The summed E-state index contributed by atoms with van der Waals surface area (Å²) in [6, 6.07) is 0. The first-order valence-electron chi connectivity index (χ1n) is 10.2. The molecule has 0 aliphatic heterocycles. The van der Waals surface area contributed by atoms with Crippen molar-refractivity contribution in [1.82, 2.24) is 0 Å². The molecule has 0 aromatic rings. The van der Waals surface area contributed by atoms with Crippen molar-refractivity contribution in [3.05, 3.63) is 0 Å². The largest absolute Gasteiger partial charge is 0.0689 e. The molecule has 4 fully saturated rings. The van der Waals surface area contributed by atoms with Crippen molar-refractivity contribution < 1.29 is 0 Å². The van der Waals surface area contributed by atoms with E-state index in [1.807, 2.05) is 0 Å². The molecule has 0 N–H and O–H groups in total. The lowest BCUT2D eigenvalue weighted by molar-refractivity contribution is 0.255. The molecule has 21 heavy (non-hydrogen) atoms. The lowest BCUT2D eigenvalue weighted by Gasteiger charge is -2.48. The van der Waals surface area contributed by atoms with Gasteiger partial charge in [-0.3, -0.25) is 0 Å². The van der Waals surface area contributed by atoms with E-state index in [0.717, 1.165) is 11.8 Å². The SMILES string of the molecule is C[Si](C)([C@@H]1CCCC2CCCC21)[C@H]1CCC2CCCCC21. The molecule has 0 nitrogen and oxygen atoms in total. The zero-order chi connectivity index (χ0) is 14.4. The average Bonchev–Trinajstić information content (AvgIpc) is 3.13. The Morgan fingerprint density at radius 2 is 1.05 bits per heavy atom. The minimum atomic E-state index is -1.06. The van der Waals surface area contributed by atoms with E-state index in [1.54, 1.807) is 77.0 Å². The fourth-order valence-electron chi connectivity index (χ4n) is 7.62. The van der Waals surface area contributed by atoms with Crippen molar-refractivity contribution in [3.63, 3.8) is 0 Å². The fraction of sp³-hybridized carbons (Fsp3) is 1.00. The Bertz CT molecular complexity index is 374. The van der Waals surface area contributed by atoms with E-state index in [2.05, 4.69) is 13.1 Å². The summed E-state index contributed by atoms with van der Waals surface area (Å²) in [5, 5.41) is 0. The smallest absolute Gasteiger partial charge is 0.0541 e. The van der Waals surface area contributed by atoms with Crippen molar-refractivity contribution in [3.8, 4) is 0 Å². The van der Waals surface area contributed by atoms with E-state index in [9.17, 15) is 0 Å². The fourth-order valence-corrected chi connectivity index (χ4v) is 13.1. The second-order valence-electron chi connectivity index (χ2n) is 9.61. The van der Waals surface area contributed by atoms with Crippen LogP contribution in [0, 0.1) is 23.7 Å². The van der Waals surface area contributed by atoms with E-state index < -0.39 is 8.07 Å². The monoisotopic (exact) mass is 304 g/mol. The molecule has 0 bridgehead atoms. The summed E-state index contributed by atoms with van der Waals surface area (Å²) in [7, 11) is -1.06. The molecule has 4 rings (SSSR count). The average molecular weight is 305 g/mol. The molecule has 4 unspecified atom stereocenters. The zero-order valence-corrected chi connectivity index (χ0v) is 15.4. The minimum Gasteiger partial charge on any atom is -0.0689 e. The van der Waals surface area contributed by atoms with Gasteiger partial charge in [-0.25, -0.2) is 0 Å². The van der Waals surface area contributed by atoms with Crippen molar-refractivity contribution in [2.24, 2.45) is 23.7 Å². The third-order valence-electron chi connectivity index (χ3n) is 8.57. The van der Waals surface area contributed by atoms with Gasteiger partial charge in [0.2, 0.25) is 0 Å². The van der Waals surface area contributed by atoms with Crippen LogP contribution in [0.1, 0.15) is 77.0 Å². The van der Waals surface area contributed by atoms with Crippen molar-refractivity contribution in [2.75, 3.05) is 0 Å². The summed E-state index contributed by atoms with van der Waals surface area (Å²) in [6.07, 6.45) is 19.1. The molecule has 0 heterocycles. The van der Waals surface area contributed by atoms with Gasteiger partial charge in [-0.05, 0) is 34.8 Å². The molecule has 0 spiro atoms. The second kappa shape index (κ2) is 5.69. The van der Waals surface area contributed by atoms with Gasteiger partial charge in [0.15, 0.2) is 0 Å². The lowest BCUT2D eigenvalue weighted by atomic mass is 9.81. The molecule has 0 aromatic heterocycles. The van der Waals surface area contributed by atoms with Crippen LogP contribution in [0.25, 0.3) is 0 Å². The molecule has 4 aliphatic carbocycles. The van der Waals surface area contributed by atoms with Gasteiger partial charge >= 0.3 is 0 Å². The normalized spacial score (nSPS) is 47.1. The standard InChI is InChI=1S/C20H36Si/c1-21(2,19-12-6-9-15-8-5-11-18(15)19)20-14-13-16-7-3-4-10-17(16)20/h15-20H,3-14H2,1-2H3/t15?,16?,17?,18?,19-,20+/m1/s1. The first kappa shape index (κ1) is 14.8. The van der Waals surface area contributed by atoms with Crippen LogP contribution in [0.3, 0.4) is 0 Å². The molecule has 4 aliphatic rings. The van der Waals surface area contributed by atoms with Crippen molar-refractivity contribution >= 4 is 8.07 Å². The summed E-state index contributed by atoms with van der Waals surface area (Å²) < 4.78 is 0. The van der Waals surface area contributed by atoms with Crippen molar-refractivity contribution in [1.29, 1.82) is 0 Å². The first-order valence-corrected chi connectivity index (χ1v) is 13.3. The van der Waals surface area contributed by atoms with Gasteiger partial charge in [-0.2, -0.15) is 0 Å². The van der Waals surface area contributed by atoms with Crippen molar-refractivity contribution in [2.45, 2.75) is 101 Å². The van der Waals surface area contributed by atoms with Crippen LogP contribution in [-0.2, 0) is 0 Å². The lowest BCUT2D eigenvalue weighted by Crippen LogP contribution is -2.45. The number of fused-ring (bicyclic) bond motifs is 2. The number of hydrogen-bond acceptors (Lipinski definition) is 0. The predicted octanol–water partition coefficient (Wildman–Crippen LogP) is 6.64. The molecule has 4 saturated carbocycles. The van der Waals surface area contributed by atoms with E-state index in [-0.39, 0.29) is 0 Å². The molecule has 1 heteroatoms. The molecular formula is C20H36Si. The Balaban J connectivity index is 1.54. The third-order valence-corrected chi connectivity index (χ3v) is 13.8. The molecule has 0 amide bonds. The van der Waals surface area contributed by atoms with Crippen LogP contribution in [0.2, 0.25) is 24.2 Å². The summed E-state index contributed by atoms with van der Waals surface area (Å²) in [6.45, 7) is 5.67. The highest BCUT2D eigenvalue weighted by Gasteiger charge is 2.52. The highest BCUT2D eigenvalue weighted by Crippen LogP contribution is 2.60. The van der Waals surface area contributed by atoms with Crippen LogP contribution >= 0.6 is 0 Å². The minimum absolute atomic E-state index is 1.06. The third kappa shape index (κ3) is 2.46. The Morgan fingerprint density at radius 1 is 0.524 bits per heavy atom. The van der Waals surface area contributed by atoms with Gasteiger partial charge < -0.3 is 0 Å². The van der Waals surface area contributed by atoms with Crippen LogP contribution < -0.4 is 0 Å². The van der Waals surface area contributed by atoms with E-state index in [1.165, 1.54) is 22.9 Å². The van der Waals surface area contributed by atoms with Gasteiger partial charge in [-0.1, -0.05) is 90.1 Å². The molecule has 0 saturated heterocycles. The van der Waals surface area contributed by atoms with Gasteiger partial charge in [0.05, 0.1) is 8.07 Å². The van der Waals surface area contributed by atoms with Crippen LogP contribution in [0.15, 0.2) is 0 Å². The quantitative estimate of drug-likeness (QED) is 0.502. The van der Waals surface area contributed by atoms with Gasteiger partial charge in [0, 0.05) is 0 Å². The van der Waals surface area contributed by atoms with Crippen LogP contribution in [0.4, 0.5) is 0 Å². The summed E-state index contributed by atoms with van der Waals surface area (Å²) in [5.41, 5.74) is 2.40. The predicted molar refractivity (Wildman–Crippen MR) is 94.3 cm³/mol. The highest BCUT2D eigenvalue weighted by molar-refractivity contribution is 6.80. The molecule has 6 atom stereocenters. The number of rotatable bonds is 2. The maximum atomic E-state index is 2.83. The number of hydrogen-bond donors (Lipinski definition) is 0. The molecular weight excluding hydrogens is 268 g/mol. The maximum Gasteiger partial charge on any atom is 0.0541 e.